The molecule has 12 heteroatoms. The Morgan fingerprint density at radius 2 is 1.83 bits per heavy atom. The quantitative estimate of drug-likeness (QED) is 0.0719. The van der Waals surface area contributed by atoms with Crippen molar-refractivity contribution in [3.63, 3.8) is 0 Å². The largest absolute Gasteiger partial charge is 0.479 e. The smallest absolute Gasteiger partial charge is 0.388 e. The van der Waals surface area contributed by atoms with Crippen LogP contribution in [0.25, 0.3) is 0 Å². The number of aldehydes is 1. The van der Waals surface area contributed by atoms with Gasteiger partial charge in [0, 0.05) is 4.92 Å². The Balaban J connectivity index is 6.33. The van der Waals surface area contributed by atoms with Crippen molar-refractivity contribution in [1.29, 1.82) is 0 Å². The van der Waals surface area contributed by atoms with Crippen molar-refractivity contribution in [2.45, 2.75) is 43.9 Å². The van der Waals surface area contributed by atoms with Crippen LogP contribution in [0.1, 0.15) is 27.2 Å². The van der Waals surface area contributed by atoms with Crippen LogP contribution in [0.2, 0.25) is 0 Å². The minimum atomic E-state index is -3.18. The van der Waals surface area contributed by atoms with Crippen LogP contribution in [0.15, 0.2) is 4.99 Å². The highest BCUT2D eigenvalue weighted by Gasteiger charge is 2.71. The van der Waals surface area contributed by atoms with Gasteiger partial charge in [-0.05, 0) is 20.8 Å². The number of nitrogens with zero attached hydrogens (tertiary/aromatic N) is 2. The molecule has 0 heterocycles. The van der Waals surface area contributed by atoms with Gasteiger partial charge in [-0.2, -0.15) is 0 Å². The predicted molar refractivity (Wildman–Crippen MR) is 81.5 cm³/mol. The van der Waals surface area contributed by atoms with Gasteiger partial charge in [-0.25, -0.2) is 9.59 Å². The predicted octanol–water partition coefficient (Wildman–Crippen LogP) is -2.01. The van der Waals surface area contributed by atoms with E-state index in [0.717, 1.165) is 0 Å². The molecular weight excluding hydrogens is 326 g/mol. The van der Waals surface area contributed by atoms with Gasteiger partial charge in [-0.3, -0.25) is 15.1 Å². The topological polar surface area (TPSA) is 214 Å². The van der Waals surface area contributed by atoms with Gasteiger partial charge in [0.05, 0.1) is 13.0 Å². The Kier molecular flexibility index (Phi) is 6.38. The van der Waals surface area contributed by atoms with E-state index in [1.807, 2.05) is 0 Å². The lowest BCUT2D eigenvalue weighted by atomic mass is 9.75. The highest BCUT2D eigenvalue weighted by atomic mass is 16.6. The number of nitrogens with two attached hydrogens (primary N) is 3. The van der Waals surface area contributed by atoms with Crippen molar-refractivity contribution in [3.8, 4) is 0 Å². The number of aliphatic carboxylic acids is 1. The van der Waals surface area contributed by atoms with Crippen LogP contribution in [0.3, 0.4) is 0 Å². The van der Waals surface area contributed by atoms with Gasteiger partial charge in [0.15, 0.2) is 12.2 Å². The fourth-order valence-electron chi connectivity index (χ4n) is 1.83. The van der Waals surface area contributed by atoms with E-state index in [1.165, 1.54) is 20.8 Å². The maximum atomic E-state index is 12.4. The minimum absolute atomic E-state index is 0.377. The second kappa shape index (κ2) is 7.21. The zero-order valence-corrected chi connectivity index (χ0v) is 13.5. The van der Waals surface area contributed by atoms with Crippen molar-refractivity contribution in [3.05, 3.63) is 10.1 Å². The number of carbonyl (C=O) groups excluding carboxylic acids is 2. The third kappa shape index (κ3) is 4.16. The maximum absolute atomic E-state index is 12.4. The van der Waals surface area contributed by atoms with Gasteiger partial charge in [0.25, 0.3) is 5.54 Å². The fourth-order valence-corrected chi connectivity index (χ4v) is 1.83. The van der Waals surface area contributed by atoms with E-state index in [4.69, 9.17) is 21.9 Å². The number of carboxylic acid groups (broad SMARTS) is 1. The Labute approximate surface area is 137 Å². The van der Waals surface area contributed by atoms with E-state index in [-0.39, 0.29) is 6.29 Å². The summed E-state index contributed by atoms with van der Waals surface area (Å²) in [6.07, 6.45) is -1.24. The molecular formula is C12H21N5O7. The van der Waals surface area contributed by atoms with E-state index in [2.05, 4.69) is 4.99 Å². The average Bonchev–Trinajstić information content (AvgIpc) is 2.39. The van der Waals surface area contributed by atoms with E-state index < -0.39 is 52.5 Å². The van der Waals surface area contributed by atoms with E-state index in [9.17, 15) is 29.6 Å². The molecule has 7 N–H and O–H groups in total. The highest BCUT2D eigenvalue weighted by Crippen LogP contribution is 2.31. The van der Waals surface area contributed by atoms with Gasteiger partial charge in [-0.15, -0.1) is 0 Å². The monoisotopic (exact) mass is 347 g/mol. The number of esters is 1. The molecule has 0 aliphatic rings. The Morgan fingerprint density at radius 3 is 2.12 bits per heavy atom. The molecule has 0 aliphatic heterocycles. The number of ether oxygens (including phenoxy) is 1. The molecule has 24 heavy (non-hydrogen) atoms. The van der Waals surface area contributed by atoms with Crippen LogP contribution in [0.5, 0.6) is 0 Å². The Bertz CT molecular complexity index is 567. The number of carbonyl (C=O) groups is 3. The number of hydrogen-bond donors (Lipinski definition) is 4. The summed E-state index contributed by atoms with van der Waals surface area (Å²) in [6, 6.07) is 0. The standard InChI is InChI=1S/C12H21N5O7/c1-10(2,3)24-8(21)12(17(22)23,4-5-16-9(13)14)11(15,6-18)7(19)20/h6H,4-5,15H2,1-3H3,(H,19,20)(H4,13,14,16). The van der Waals surface area contributed by atoms with Crippen molar-refractivity contribution < 1.29 is 29.2 Å². The van der Waals surface area contributed by atoms with Crippen LogP contribution in [0.4, 0.5) is 0 Å². The minimum Gasteiger partial charge on any atom is -0.479 e. The van der Waals surface area contributed by atoms with Crippen molar-refractivity contribution in [2.75, 3.05) is 6.54 Å². The molecule has 0 fully saturated rings. The van der Waals surface area contributed by atoms with E-state index in [1.54, 1.807) is 0 Å². The normalized spacial score (nSPS) is 16.2. The molecule has 0 aromatic heterocycles. The van der Waals surface area contributed by atoms with Crippen LogP contribution in [-0.4, -0.2) is 57.4 Å². The summed E-state index contributed by atoms with van der Waals surface area (Å²) in [7, 11) is 0. The molecule has 0 aromatic carbocycles. The first-order chi connectivity index (χ1) is 10.7. The summed E-state index contributed by atoms with van der Waals surface area (Å²) >= 11 is 0. The SMILES string of the molecule is CC(C)(C)OC(=O)C(CCN=C(N)N)([N+](=O)[O-])C(N)(C=O)C(=O)O. The molecule has 2 unspecified atom stereocenters. The number of nitro groups is 1. The zero-order valence-electron chi connectivity index (χ0n) is 13.5. The lowest BCUT2D eigenvalue weighted by Crippen LogP contribution is -2.74. The van der Waals surface area contributed by atoms with Gasteiger partial charge in [-0.1, -0.05) is 0 Å². The van der Waals surface area contributed by atoms with Crippen LogP contribution < -0.4 is 17.2 Å². The molecule has 0 radical (unpaired) electrons. The van der Waals surface area contributed by atoms with Crippen molar-refractivity contribution in [2.24, 2.45) is 22.2 Å². The third-order valence-corrected chi connectivity index (χ3v) is 3.04. The van der Waals surface area contributed by atoms with Gasteiger partial charge >= 0.3 is 17.5 Å². The average molecular weight is 347 g/mol. The van der Waals surface area contributed by atoms with Crippen LogP contribution >= 0.6 is 0 Å². The lowest BCUT2D eigenvalue weighted by molar-refractivity contribution is -0.562. The third-order valence-electron chi connectivity index (χ3n) is 3.04. The molecule has 0 saturated carbocycles. The maximum Gasteiger partial charge on any atom is 0.388 e. The summed E-state index contributed by atoms with van der Waals surface area (Å²) in [6.45, 7) is 3.70. The number of rotatable bonds is 8. The van der Waals surface area contributed by atoms with Crippen LogP contribution in [-0.2, 0) is 19.1 Å². The number of hydrogen-bond acceptors (Lipinski definition) is 8. The summed E-state index contributed by atoms with van der Waals surface area (Å²) in [4.78, 5) is 49.0. The molecule has 0 amide bonds. The van der Waals surface area contributed by atoms with Gasteiger partial charge in [0.2, 0.25) is 0 Å². The number of carboxylic acids is 1. The van der Waals surface area contributed by atoms with Gasteiger partial charge < -0.3 is 31.8 Å². The molecule has 12 nitrogen and oxygen atoms in total. The highest BCUT2D eigenvalue weighted by molar-refractivity contribution is 6.05. The molecule has 0 aromatic rings. The Hall–Kier alpha value is -2.76. The molecule has 0 rings (SSSR count). The summed E-state index contributed by atoms with van der Waals surface area (Å²) < 4.78 is 4.93. The van der Waals surface area contributed by atoms with Gasteiger partial charge in [0.1, 0.15) is 5.60 Å². The van der Waals surface area contributed by atoms with E-state index in [0.29, 0.717) is 0 Å². The van der Waals surface area contributed by atoms with Crippen molar-refractivity contribution in [1.82, 2.24) is 0 Å². The lowest BCUT2D eigenvalue weighted by Gasteiger charge is -2.34. The first-order valence-corrected chi connectivity index (χ1v) is 6.66. The molecule has 0 aliphatic carbocycles. The fraction of sp³-hybridized carbons (Fsp3) is 0.667. The van der Waals surface area contributed by atoms with Crippen LogP contribution in [0, 0.1) is 10.1 Å². The molecule has 0 bridgehead atoms. The summed E-state index contributed by atoms with van der Waals surface area (Å²) in [5.74, 6) is -4.09. The second-order valence-electron chi connectivity index (χ2n) is 5.97. The Morgan fingerprint density at radius 1 is 1.33 bits per heavy atom. The molecule has 2 atom stereocenters. The summed E-state index contributed by atoms with van der Waals surface area (Å²) in [5, 5.41) is 20.8. The second-order valence-corrected chi connectivity index (χ2v) is 5.97. The van der Waals surface area contributed by atoms with E-state index >= 15 is 0 Å². The number of aliphatic imine (C=N–C) groups is 1. The summed E-state index contributed by atoms with van der Waals surface area (Å²) in [5.41, 5.74) is 8.14. The first-order valence-electron chi connectivity index (χ1n) is 6.66. The molecule has 136 valence electrons. The van der Waals surface area contributed by atoms with Crippen molar-refractivity contribution >= 4 is 24.2 Å². The zero-order chi connectivity index (χ0) is 19.3. The first kappa shape index (κ1) is 21.2. The molecule has 0 spiro atoms. The molecule has 0 saturated heterocycles. The number of guanidine groups is 1.